The van der Waals surface area contributed by atoms with Gasteiger partial charge in [-0.2, -0.15) is 0 Å². The van der Waals surface area contributed by atoms with Crippen molar-refractivity contribution in [1.29, 1.82) is 0 Å². The highest BCUT2D eigenvalue weighted by Crippen LogP contribution is 2.08. The number of hydrogen-bond donors (Lipinski definition) is 0. The molecular formula is C13H25N. The second-order valence-corrected chi connectivity index (χ2v) is 4.47. The van der Waals surface area contributed by atoms with Gasteiger partial charge in [0.1, 0.15) is 0 Å². The lowest BCUT2D eigenvalue weighted by atomic mass is 10.1. The molecule has 0 bridgehead atoms. The van der Waals surface area contributed by atoms with E-state index in [-0.39, 0.29) is 0 Å². The molecule has 1 rings (SSSR count). The summed E-state index contributed by atoms with van der Waals surface area (Å²) in [4.78, 5) is 2.48. The van der Waals surface area contributed by atoms with Crippen LogP contribution in [0.1, 0.15) is 51.4 Å². The van der Waals surface area contributed by atoms with E-state index in [1.165, 1.54) is 64.5 Å². The average Bonchev–Trinajstić information content (AvgIpc) is 2.20. The molecule has 82 valence electrons. The van der Waals surface area contributed by atoms with Gasteiger partial charge in [0.05, 0.1) is 0 Å². The summed E-state index contributed by atoms with van der Waals surface area (Å²) in [6.45, 7) is 2.56. The molecule has 0 amide bonds. The molecule has 0 unspecified atom stereocenters. The van der Waals surface area contributed by atoms with Gasteiger partial charge in [-0.05, 0) is 52.2 Å². The lowest BCUT2D eigenvalue weighted by Crippen LogP contribution is -2.20. The van der Waals surface area contributed by atoms with Gasteiger partial charge in [-0.1, -0.05) is 31.4 Å². The van der Waals surface area contributed by atoms with Crippen LogP contribution in [0.15, 0.2) is 12.2 Å². The molecule has 14 heavy (non-hydrogen) atoms. The predicted octanol–water partition coefficient (Wildman–Crippen LogP) is 3.61. The minimum absolute atomic E-state index is 1.27. The van der Waals surface area contributed by atoms with Gasteiger partial charge in [0, 0.05) is 0 Å². The fraction of sp³-hybridized carbons (Fsp3) is 0.846. The summed E-state index contributed by atoms with van der Waals surface area (Å²) >= 11 is 0. The summed E-state index contributed by atoms with van der Waals surface area (Å²) in [5, 5.41) is 0. The van der Waals surface area contributed by atoms with Crippen LogP contribution in [0.3, 0.4) is 0 Å². The Hall–Kier alpha value is -0.300. The van der Waals surface area contributed by atoms with Gasteiger partial charge in [0.2, 0.25) is 0 Å². The van der Waals surface area contributed by atoms with Crippen molar-refractivity contribution in [3.8, 4) is 0 Å². The van der Waals surface area contributed by atoms with Gasteiger partial charge < -0.3 is 4.90 Å². The number of rotatable bonds is 0. The zero-order chi connectivity index (χ0) is 10.1. The second kappa shape index (κ2) is 8.05. The summed E-state index contributed by atoms with van der Waals surface area (Å²) in [5.74, 6) is 0. The molecule has 0 fully saturated rings. The maximum absolute atomic E-state index is 2.48. The van der Waals surface area contributed by atoms with Gasteiger partial charge >= 0.3 is 0 Å². The fourth-order valence-corrected chi connectivity index (χ4v) is 2.00. The molecule has 1 heterocycles. The third-order valence-corrected chi connectivity index (χ3v) is 2.99. The van der Waals surface area contributed by atoms with Crippen LogP contribution in [0.2, 0.25) is 0 Å². The molecule has 1 nitrogen and oxygen atoms in total. The van der Waals surface area contributed by atoms with E-state index in [2.05, 4.69) is 24.1 Å². The largest absolute Gasteiger partial charge is 0.306 e. The molecule has 0 atom stereocenters. The van der Waals surface area contributed by atoms with E-state index >= 15 is 0 Å². The maximum atomic E-state index is 2.48. The highest BCUT2D eigenvalue weighted by Gasteiger charge is 1.98. The molecule has 0 radical (unpaired) electrons. The van der Waals surface area contributed by atoms with Crippen LogP contribution in [0.4, 0.5) is 0 Å². The van der Waals surface area contributed by atoms with E-state index in [1.807, 2.05) is 0 Å². The van der Waals surface area contributed by atoms with Crippen LogP contribution in [-0.2, 0) is 0 Å². The lowest BCUT2D eigenvalue weighted by Gasteiger charge is -2.15. The van der Waals surface area contributed by atoms with E-state index in [9.17, 15) is 0 Å². The highest BCUT2D eigenvalue weighted by molar-refractivity contribution is 4.81. The molecule has 0 N–H and O–H groups in total. The van der Waals surface area contributed by atoms with Crippen molar-refractivity contribution in [2.45, 2.75) is 51.4 Å². The van der Waals surface area contributed by atoms with Crippen LogP contribution in [0.5, 0.6) is 0 Å². The van der Waals surface area contributed by atoms with Crippen molar-refractivity contribution in [3.63, 3.8) is 0 Å². The highest BCUT2D eigenvalue weighted by atomic mass is 15.1. The van der Waals surface area contributed by atoms with Crippen LogP contribution in [0.25, 0.3) is 0 Å². The Morgan fingerprint density at radius 3 is 2.14 bits per heavy atom. The average molecular weight is 195 g/mol. The quantitative estimate of drug-likeness (QED) is 0.534. The molecule has 0 saturated carbocycles. The Morgan fingerprint density at radius 2 is 1.29 bits per heavy atom. The number of allylic oxidation sites excluding steroid dienone is 2. The van der Waals surface area contributed by atoms with Gasteiger partial charge in [0.25, 0.3) is 0 Å². The summed E-state index contributed by atoms with van der Waals surface area (Å²) < 4.78 is 0. The molecule has 0 spiro atoms. The molecule has 1 aliphatic rings. The second-order valence-electron chi connectivity index (χ2n) is 4.47. The molecule has 0 saturated heterocycles. The first-order valence-corrected chi connectivity index (χ1v) is 6.23. The molecule has 0 aliphatic carbocycles. The van der Waals surface area contributed by atoms with Crippen molar-refractivity contribution in [2.24, 2.45) is 0 Å². The summed E-state index contributed by atoms with van der Waals surface area (Å²) in [7, 11) is 2.25. The molecule has 0 aromatic carbocycles. The van der Waals surface area contributed by atoms with Crippen molar-refractivity contribution in [3.05, 3.63) is 12.2 Å². The summed E-state index contributed by atoms with van der Waals surface area (Å²) in [6, 6.07) is 0. The molecule has 1 heteroatoms. The van der Waals surface area contributed by atoms with Crippen molar-refractivity contribution in [2.75, 3.05) is 20.1 Å². The molecular weight excluding hydrogens is 170 g/mol. The van der Waals surface area contributed by atoms with Crippen LogP contribution < -0.4 is 0 Å². The van der Waals surface area contributed by atoms with Gasteiger partial charge in [-0.25, -0.2) is 0 Å². The Kier molecular flexibility index (Phi) is 6.77. The van der Waals surface area contributed by atoms with E-state index in [4.69, 9.17) is 0 Å². The normalized spacial score (nSPS) is 23.5. The first-order valence-electron chi connectivity index (χ1n) is 6.23. The summed E-state index contributed by atoms with van der Waals surface area (Å²) in [5.41, 5.74) is 0. The van der Waals surface area contributed by atoms with E-state index < -0.39 is 0 Å². The third-order valence-electron chi connectivity index (χ3n) is 2.99. The molecule has 0 aromatic rings. The molecule has 0 aromatic heterocycles. The standard InChI is InChI=1S/C13H25N/c1-14-12-10-8-6-4-2-3-5-7-9-11-13-14/h4,6H,2-3,5,7-13H2,1H3. The lowest BCUT2D eigenvalue weighted by molar-refractivity contribution is 0.320. The van der Waals surface area contributed by atoms with Crippen LogP contribution in [-0.4, -0.2) is 25.0 Å². The van der Waals surface area contributed by atoms with E-state index in [1.54, 1.807) is 0 Å². The SMILES string of the molecule is CN1CCCC=CCCCCCCC1. The zero-order valence-corrected chi connectivity index (χ0v) is 9.67. The van der Waals surface area contributed by atoms with Crippen molar-refractivity contribution in [1.82, 2.24) is 4.90 Å². The number of nitrogens with zero attached hydrogens (tertiary/aromatic N) is 1. The first-order chi connectivity index (χ1) is 6.89. The fourth-order valence-electron chi connectivity index (χ4n) is 2.00. The van der Waals surface area contributed by atoms with Crippen molar-refractivity contribution >= 4 is 0 Å². The minimum Gasteiger partial charge on any atom is -0.306 e. The Bertz CT molecular complexity index is 151. The number of hydrogen-bond acceptors (Lipinski definition) is 1. The van der Waals surface area contributed by atoms with E-state index in [0.717, 1.165) is 0 Å². The Balaban J connectivity index is 2.19. The smallest absolute Gasteiger partial charge is 0.00188 e. The van der Waals surface area contributed by atoms with Gasteiger partial charge in [-0.15, -0.1) is 0 Å². The first kappa shape index (κ1) is 11.8. The van der Waals surface area contributed by atoms with Crippen LogP contribution >= 0.6 is 0 Å². The van der Waals surface area contributed by atoms with Crippen molar-refractivity contribution < 1.29 is 0 Å². The minimum atomic E-state index is 1.27. The molecule has 1 aliphatic heterocycles. The predicted molar refractivity (Wildman–Crippen MR) is 63.6 cm³/mol. The van der Waals surface area contributed by atoms with E-state index in [0.29, 0.717) is 0 Å². The topological polar surface area (TPSA) is 3.24 Å². The Morgan fingerprint density at radius 1 is 0.714 bits per heavy atom. The monoisotopic (exact) mass is 195 g/mol. The van der Waals surface area contributed by atoms with Gasteiger partial charge in [-0.3, -0.25) is 0 Å². The third kappa shape index (κ3) is 6.20. The summed E-state index contributed by atoms with van der Waals surface area (Å²) in [6.07, 6.45) is 15.7. The zero-order valence-electron chi connectivity index (χ0n) is 9.67. The Labute approximate surface area is 89.2 Å². The van der Waals surface area contributed by atoms with Crippen LogP contribution in [0, 0.1) is 0 Å². The van der Waals surface area contributed by atoms with Gasteiger partial charge in [0.15, 0.2) is 0 Å². The maximum Gasteiger partial charge on any atom is -0.00188 e.